The summed E-state index contributed by atoms with van der Waals surface area (Å²) in [5.41, 5.74) is 4.54. The molecule has 3 amide bonds. The van der Waals surface area contributed by atoms with E-state index in [4.69, 9.17) is 4.74 Å². The Kier molecular flexibility index (Phi) is 5.36. The third-order valence-corrected chi connectivity index (χ3v) is 3.23. The normalized spacial score (nSPS) is 10.3. The number of carbonyl (C=O) groups excluding carboxylic acids is 3. The number of ether oxygens (including phenoxy) is 1. The molecule has 0 aliphatic rings. The van der Waals surface area contributed by atoms with Crippen LogP contribution in [0.1, 0.15) is 24.2 Å². The van der Waals surface area contributed by atoms with Crippen molar-refractivity contribution < 1.29 is 19.1 Å². The van der Waals surface area contributed by atoms with Crippen molar-refractivity contribution in [1.29, 1.82) is 0 Å². The second kappa shape index (κ2) is 7.45. The number of nitrogens with one attached hydrogen (secondary N) is 3. The Labute approximate surface area is 139 Å². The van der Waals surface area contributed by atoms with Crippen molar-refractivity contribution >= 4 is 28.5 Å². The van der Waals surface area contributed by atoms with E-state index in [2.05, 4.69) is 16.2 Å². The lowest BCUT2D eigenvalue weighted by atomic mass is 10.1. The Morgan fingerprint density at radius 3 is 2.17 bits per heavy atom. The van der Waals surface area contributed by atoms with Gasteiger partial charge in [0.2, 0.25) is 0 Å². The molecule has 2 rings (SSSR count). The van der Waals surface area contributed by atoms with Gasteiger partial charge in [-0.2, -0.15) is 0 Å². The predicted octanol–water partition coefficient (Wildman–Crippen LogP) is 1.13. The first kappa shape index (κ1) is 17.3. The summed E-state index contributed by atoms with van der Waals surface area (Å²) in [6, 6.07) is 10.7. The Hall–Kier alpha value is -3.09. The molecule has 0 atom stereocenters. The van der Waals surface area contributed by atoms with Crippen molar-refractivity contribution in [2.75, 3.05) is 7.11 Å². The molecule has 24 heavy (non-hydrogen) atoms. The van der Waals surface area contributed by atoms with Crippen molar-refractivity contribution in [3.63, 3.8) is 0 Å². The van der Waals surface area contributed by atoms with Gasteiger partial charge in [0.05, 0.1) is 12.7 Å². The van der Waals surface area contributed by atoms with E-state index >= 15 is 0 Å². The van der Waals surface area contributed by atoms with Crippen LogP contribution in [0.2, 0.25) is 0 Å². The average Bonchev–Trinajstić information content (AvgIpc) is 2.57. The minimum atomic E-state index is -0.947. The van der Waals surface area contributed by atoms with Crippen LogP contribution in [-0.2, 0) is 9.59 Å². The highest BCUT2D eigenvalue weighted by molar-refractivity contribution is 6.35. The largest absolute Gasteiger partial charge is 0.496 e. The van der Waals surface area contributed by atoms with E-state index in [0.717, 1.165) is 10.8 Å². The molecule has 2 aromatic carbocycles. The Balaban J connectivity index is 2.13. The molecule has 0 unspecified atom stereocenters. The van der Waals surface area contributed by atoms with E-state index < -0.39 is 17.7 Å². The van der Waals surface area contributed by atoms with E-state index in [1.165, 1.54) is 7.11 Å². The summed E-state index contributed by atoms with van der Waals surface area (Å²) in [6.45, 7) is 3.45. The molecule has 7 nitrogen and oxygen atoms in total. The van der Waals surface area contributed by atoms with Gasteiger partial charge in [0.1, 0.15) is 5.75 Å². The molecule has 0 bridgehead atoms. The Morgan fingerprint density at radius 2 is 1.58 bits per heavy atom. The second-order valence-corrected chi connectivity index (χ2v) is 5.44. The fourth-order valence-corrected chi connectivity index (χ4v) is 2.13. The molecule has 0 heterocycles. The van der Waals surface area contributed by atoms with Crippen LogP contribution >= 0.6 is 0 Å². The van der Waals surface area contributed by atoms with Gasteiger partial charge in [-0.05, 0) is 36.8 Å². The van der Waals surface area contributed by atoms with Crippen LogP contribution in [0.5, 0.6) is 5.75 Å². The number of amides is 3. The molecule has 3 N–H and O–H groups in total. The van der Waals surface area contributed by atoms with Gasteiger partial charge in [0.25, 0.3) is 5.91 Å². The predicted molar refractivity (Wildman–Crippen MR) is 89.4 cm³/mol. The molecule has 0 spiro atoms. The van der Waals surface area contributed by atoms with Crippen molar-refractivity contribution in [3.8, 4) is 5.75 Å². The SMILES string of the molecule is COc1cc2ccccc2cc1C(=O)NNC(=O)C(=O)NC(C)C. The molecule has 7 heteroatoms. The standard InChI is InChI=1S/C17H19N3O4/c1-10(2)18-16(22)17(23)20-19-15(21)13-8-11-6-4-5-7-12(11)9-14(13)24-3/h4-10H,1-3H3,(H,18,22)(H,19,21)(H,20,23). The number of hydrazine groups is 1. The molecule has 2 aromatic rings. The fourth-order valence-electron chi connectivity index (χ4n) is 2.13. The lowest BCUT2D eigenvalue weighted by molar-refractivity contribution is -0.139. The first-order valence-electron chi connectivity index (χ1n) is 7.40. The second-order valence-electron chi connectivity index (χ2n) is 5.44. The van der Waals surface area contributed by atoms with E-state index in [1.54, 1.807) is 26.0 Å². The third-order valence-electron chi connectivity index (χ3n) is 3.23. The van der Waals surface area contributed by atoms with Crippen molar-refractivity contribution in [3.05, 3.63) is 42.0 Å². The lowest BCUT2D eigenvalue weighted by Gasteiger charge is -2.12. The Bertz CT molecular complexity index is 786. The molecule has 0 aliphatic heterocycles. The first-order valence-corrected chi connectivity index (χ1v) is 7.40. The molecule has 0 radical (unpaired) electrons. The van der Waals surface area contributed by atoms with E-state index in [1.807, 2.05) is 24.3 Å². The van der Waals surface area contributed by atoms with Crippen LogP contribution in [0.25, 0.3) is 10.8 Å². The van der Waals surface area contributed by atoms with Gasteiger partial charge >= 0.3 is 11.8 Å². The van der Waals surface area contributed by atoms with Gasteiger partial charge in [0, 0.05) is 6.04 Å². The van der Waals surface area contributed by atoms with Crippen LogP contribution in [0.4, 0.5) is 0 Å². The summed E-state index contributed by atoms with van der Waals surface area (Å²) in [7, 11) is 1.45. The molecule has 0 saturated carbocycles. The zero-order valence-electron chi connectivity index (χ0n) is 13.7. The van der Waals surface area contributed by atoms with Gasteiger partial charge < -0.3 is 10.1 Å². The monoisotopic (exact) mass is 329 g/mol. The topological polar surface area (TPSA) is 96.5 Å². The average molecular weight is 329 g/mol. The molecule has 0 aromatic heterocycles. The highest BCUT2D eigenvalue weighted by Crippen LogP contribution is 2.25. The van der Waals surface area contributed by atoms with Gasteiger partial charge in [0.15, 0.2) is 0 Å². The van der Waals surface area contributed by atoms with E-state index in [9.17, 15) is 14.4 Å². The first-order chi connectivity index (χ1) is 11.4. The zero-order valence-corrected chi connectivity index (χ0v) is 13.7. The van der Waals surface area contributed by atoms with Crippen molar-refractivity contribution in [2.45, 2.75) is 19.9 Å². The van der Waals surface area contributed by atoms with Crippen molar-refractivity contribution in [1.82, 2.24) is 16.2 Å². The quantitative estimate of drug-likeness (QED) is 0.581. The van der Waals surface area contributed by atoms with Crippen LogP contribution in [0.3, 0.4) is 0 Å². The highest BCUT2D eigenvalue weighted by Gasteiger charge is 2.18. The van der Waals surface area contributed by atoms with Gasteiger partial charge in [-0.15, -0.1) is 0 Å². The zero-order chi connectivity index (χ0) is 17.7. The number of carbonyl (C=O) groups is 3. The number of rotatable bonds is 3. The van der Waals surface area contributed by atoms with E-state index in [-0.39, 0.29) is 11.6 Å². The van der Waals surface area contributed by atoms with Crippen LogP contribution in [0.15, 0.2) is 36.4 Å². The number of methoxy groups -OCH3 is 1. The molecule has 0 saturated heterocycles. The van der Waals surface area contributed by atoms with Crippen LogP contribution in [-0.4, -0.2) is 30.9 Å². The van der Waals surface area contributed by atoms with Gasteiger partial charge in [-0.1, -0.05) is 24.3 Å². The molecule has 0 fully saturated rings. The maximum absolute atomic E-state index is 12.3. The molecular formula is C17H19N3O4. The summed E-state index contributed by atoms with van der Waals surface area (Å²) < 4.78 is 5.23. The number of hydrogen-bond acceptors (Lipinski definition) is 4. The maximum atomic E-state index is 12.3. The number of hydrogen-bond donors (Lipinski definition) is 3. The van der Waals surface area contributed by atoms with Gasteiger partial charge in [-0.25, -0.2) is 0 Å². The Morgan fingerprint density at radius 1 is 0.958 bits per heavy atom. The molecular weight excluding hydrogens is 310 g/mol. The van der Waals surface area contributed by atoms with Crippen LogP contribution in [0, 0.1) is 0 Å². The number of benzene rings is 2. The summed E-state index contributed by atoms with van der Waals surface area (Å²) >= 11 is 0. The summed E-state index contributed by atoms with van der Waals surface area (Å²) in [5, 5.41) is 4.20. The highest BCUT2D eigenvalue weighted by atomic mass is 16.5. The smallest absolute Gasteiger partial charge is 0.327 e. The lowest BCUT2D eigenvalue weighted by Crippen LogP contribution is -2.49. The third kappa shape index (κ3) is 4.01. The minimum Gasteiger partial charge on any atom is -0.496 e. The molecule has 0 aliphatic carbocycles. The van der Waals surface area contributed by atoms with Crippen molar-refractivity contribution in [2.24, 2.45) is 0 Å². The number of fused-ring (bicyclic) bond motifs is 1. The minimum absolute atomic E-state index is 0.181. The van der Waals surface area contributed by atoms with Gasteiger partial charge in [-0.3, -0.25) is 25.2 Å². The maximum Gasteiger partial charge on any atom is 0.327 e. The summed E-state index contributed by atoms with van der Waals surface area (Å²) in [4.78, 5) is 35.4. The fraction of sp³-hybridized carbons (Fsp3) is 0.235. The summed E-state index contributed by atoms with van der Waals surface area (Å²) in [6.07, 6.45) is 0. The van der Waals surface area contributed by atoms with E-state index in [0.29, 0.717) is 5.75 Å². The summed E-state index contributed by atoms with van der Waals surface area (Å²) in [5.74, 6) is -1.98. The molecule has 126 valence electrons. The van der Waals surface area contributed by atoms with Crippen LogP contribution < -0.4 is 20.9 Å².